The topological polar surface area (TPSA) is 73.4 Å². The van der Waals surface area contributed by atoms with Crippen LogP contribution in [0.1, 0.15) is 47.7 Å². The van der Waals surface area contributed by atoms with Crippen LogP contribution in [0.5, 0.6) is 0 Å². The molecule has 0 spiro atoms. The first-order valence-corrected chi connectivity index (χ1v) is 9.74. The molecule has 0 aliphatic carbocycles. The van der Waals surface area contributed by atoms with Crippen LogP contribution in [0.3, 0.4) is 0 Å². The van der Waals surface area contributed by atoms with Crippen molar-refractivity contribution in [3.8, 4) is 0 Å². The second-order valence-corrected chi connectivity index (χ2v) is 7.47. The predicted molar refractivity (Wildman–Crippen MR) is 101 cm³/mol. The average molecular weight is 367 g/mol. The fraction of sp³-hybridized carbons (Fsp3) is 0.579. The molecule has 1 fully saturated rings. The number of aromatic nitrogens is 6. The van der Waals surface area contributed by atoms with Crippen LogP contribution in [-0.2, 0) is 31.2 Å². The second-order valence-electron chi connectivity index (χ2n) is 7.47. The van der Waals surface area contributed by atoms with E-state index in [4.69, 9.17) is 19.8 Å². The number of hydrogen-bond donors (Lipinski definition) is 0. The first-order chi connectivity index (χ1) is 13.2. The van der Waals surface area contributed by atoms with Gasteiger partial charge in [-0.1, -0.05) is 6.92 Å². The SMILES string of the molecule is CCc1nn(C)c2c1CN(c1ncnn3c(C)nc([C@@H]4CCOC4)c13)CC2. The van der Waals surface area contributed by atoms with Gasteiger partial charge < -0.3 is 9.64 Å². The highest BCUT2D eigenvalue weighted by molar-refractivity contribution is 5.73. The molecule has 8 heteroatoms. The number of rotatable bonds is 3. The van der Waals surface area contributed by atoms with Gasteiger partial charge in [0.15, 0.2) is 5.82 Å². The molecular formula is C19H25N7O. The number of ether oxygens (including phenoxy) is 1. The first-order valence-electron chi connectivity index (χ1n) is 9.74. The van der Waals surface area contributed by atoms with Crippen LogP contribution in [0, 0.1) is 6.92 Å². The van der Waals surface area contributed by atoms with Gasteiger partial charge in [-0.15, -0.1) is 0 Å². The molecule has 0 unspecified atom stereocenters. The van der Waals surface area contributed by atoms with Crippen molar-refractivity contribution in [3.63, 3.8) is 0 Å². The number of aryl methyl sites for hydroxylation is 3. The highest BCUT2D eigenvalue weighted by atomic mass is 16.5. The Morgan fingerprint density at radius 1 is 1.33 bits per heavy atom. The molecule has 0 amide bonds. The Morgan fingerprint density at radius 2 is 2.22 bits per heavy atom. The minimum absolute atomic E-state index is 0.323. The van der Waals surface area contributed by atoms with Crippen LogP contribution in [0.4, 0.5) is 5.82 Å². The predicted octanol–water partition coefficient (Wildman–Crippen LogP) is 1.80. The van der Waals surface area contributed by atoms with E-state index in [1.165, 1.54) is 17.0 Å². The van der Waals surface area contributed by atoms with Crippen LogP contribution < -0.4 is 4.90 Å². The lowest BCUT2D eigenvalue weighted by atomic mass is 10.0. The third-order valence-electron chi connectivity index (χ3n) is 5.88. The zero-order chi connectivity index (χ0) is 18.5. The maximum absolute atomic E-state index is 5.62. The van der Waals surface area contributed by atoms with Gasteiger partial charge in [-0.25, -0.2) is 14.5 Å². The third kappa shape index (κ3) is 2.54. The molecule has 2 aliphatic heterocycles. The largest absolute Gasteiger partial charge is 0.381 e. The molecule has 0 bridgehead atoms. The summed E-state index contributed by atoms with van der Waals surface area (Å²) in [5, 5.41) is 9.18. The van der Waals surface area contributed by atoms with Gasteiger partial charge in [-0.2, -0.15) is 10.2 Å². The second kappa shape index (κ2) is 6.30. The lowest BCUT2D eigenvalue weighted by Gasteiger charge is -2.29. The highest BCUT2D eigenvalue weighted by Crippen LogP contribution is 2.34. The molecule has 5 rings (SSSR count). The molecule has 0 radical (unpaired) electrons. The summed E-state index contributed by atoms with van der Waals surface area (Å²) in [6, 6.07) is 0. The highest BCUT2D eigenvalue weighted by Gasteiger charge is 2.30. The van der Waals surface area contributed by atoms with Crippen molar-refractivity contribution in [1.29, 1.82) is 0 Å². The zero-order valence-electron chi connectivity index (χ0n) is 16.1. The molecule has 3 aromatic heterocycles. The Balaban J connectivity index is 1.61. The molecule has 142 valence electrons. The standard InChI is InChI=1S/C19H25N7O/c1-4-15-14-9-25(7-5-16(14)24(3)23-15)19-18-17(13-6-8-27-10-13)22-12(2)26(18)21-11-20-19/h11,13H,4-10H2,1-3H3/t13-/m1/s1. The maximum atomic E-state index is 5.62. The van der Waals surface area contributed by atoms with E-state index in [9.17, 15) is 0 Å². The zero-order valence-corrected chi connectivity index (χ0v) is 16.1. The van der Waals surface area contributed by atoms with Crippen molar-refractivity contribution in [2.24, 2.45) is 7.05 Å². The van der Waals surface area contributed by atoms with Gasteiger partial charge in [0.2, 0.25) is 0 Å². The molecule has 1 saturated heterocycles. The fourth-order valence-electron chi connectivity index (χ4n) is 4.49. The molecule has 8 nitrogen and oxygen atoms in total. The minimum atomic E-state index is 0.323. The fourth-order valence-corrected chi connectivity index (χ4v) is 4.49. The van der Waals surface area contributed by atoms with E-state index in [1.807, 2.05) is 16.1 Å². The number of fused-ring (bicyclic) bond motifs is 2. The lowest BCUT2D eigenvalue weighted by molar-refractivity contribution is 0.193. The van der Waals surface area contributed by atoms with E-state index >= 15 is 0 Å². The van der Waals surface area contributed by atoms with Crippen molar-refractivity contribution >= 4 is 11.3 Å². The quantitative estimate of drug-likeness (QED) is 0.703. The Morgan fingerprint density at radius 3 is 3.00 bits per heavy atom. The van der Waals surface area contributed by atoms with Gasteiger partial charge in [0.25, 0.3) is 0 Å². The number of hydrogen-bond acceptors (Lipinski definition) is 6. The van der Waals surface area contributed by atoms with Gasteiger partial charge in [0, 0.05) is 50.3 Å². The van der Waals surface area contributed by atoms with Crippen LogP contribution in [-0.4, -0.2) is 49.1 Å². The normalized spacial score (nSPS) is 19.8. The number of imidazole rings is 1. The molecule has 3 aromatic rings. The molecule has 5 heterocycles. The summed E-state index contributed by atoms with van der Waals surface area (Å²) >= 11 is 0. The first kappa shape index (κ1) is 16.7. The summed E-state index contributed by atoms with van der Waals surface area (Å²) in [5.41, 5.74) is 6.01. The maximum Gasteiger partial charge on any atom is 0.158 e. The van der Waals surface area contributed by atoms with Gasteiger partial charge in [-0.05, 0) is 19.8 Å². The van der Waals surface area contributed by atoms with Crippen LogP contribution >= 0.6 is 0 Å². The van der Waals surface area contributed by atoms with Crippen LogP contribution in [0.25, 0.3) is 5.52 Å². The van der Waals surface area contributed by atoms with Crippen LogP contribution in [0.2, 0.25) is 0 Å². The molecule has 27 heavy (non-hydrogen) atoms. The molecule has 0 N–H and O–H groups in total. The van der Waals surface area contributed by atoms with Crippen molar-refractivity contribution in [1.82, 2.24) is 29.4 Å². The van der Waals surface area contributed by atoms with Crippen molar-refractivity contribution in [2.45, 2.75) is 45.6 Å². The average Bonchev–Trinajstić information content (AvgIpc) is 3.40. The van der Waals surface area contributed by atoms with E-state index in [0.717, 1.165) is 68.4 Å². The molecule has 0 saturated carbocycles. The molecule has 0 aromatic carbocycles. The smallest absolute Gasteiger partial charge is 0.158 e. The molecule has 2 aliphatic rings. The monoisotopic (exact) mass is 367 g/mol. The van der Waals surface area contributed by atoms with E-state index < -0.39 is 0 Å². The Bertz CT molecular complexity index is 999. The molecular weight excluding hydrogens is 342 g/mol. The van der Waals surface area contributed by atoms with E-state index in [-0.39, 0.29) is 0 Å². The van der Waals surface area contributed by atoms with Crippen LogP contribution in [0.15, 0.2) is 6.33 Å². The summed E-state index contributed by atoms with van der Waals surface area (Å²) in [7, 11) is 2.05. The Hall–Kier alpha value is -2.48. The van der Waals surface area contributed by atoms with Gasteiger partial charge in [-0.3, -0.25) is 4.68 Å². The van der Waals surface area contributed by atoms with E-state index in [2.05, 4.69) is 24.0 Å². The van der Waals surface area contributed by atoms with E-state index in [0.29, 0.717) is 5.92 Å². The summed E-state index contributed by atoms with van der Waals surface area (Å²) in [4.78, 5) is 11.9. The lowest BCUT2D eigenvalue weighted by Crippen LogP contribution is -2.32. The molecule has 1 atom stereocenters. The third-order valence-corrected chi connectivity index (χ3v) is 5.88. The summed E-state index contributed by atoms with van der Waals surface area (Å²) < 4.78 is 9.61. The summed E-state index contributed by atoms with van der Waals surface area (Å²) in [6.07, 6.45) is 4.58. The number of nitrogens with zero attached hydrogens (tertiary/aromatic N) is 7. The Labute approximate surface area is 158 Å². The van der Waals surface area contributed by atoms with Gasteiger partial charge >= 0.3 is 0 Å². The van der Waals surface area contributed by atoms with Crippen molar-refractivity contribution in [3.05, 3.63) is 34.8 Å². The van der Waals surface area contributed by atoms with Gasteiger partial charge in [0.05, 0.1) is 18.0 Å². The minimum Gasteiger partial charge on any atom is -0.381 e. The summed E-state index contributed by atoms with van der Waals surface area (Å²) in [5.74, 6) is 2.20. The summed E-state index contributed by atoms with van der Waals surface area (Å²) in [6.45, 7) is 7.47. The van der Waals surface area contributed by atoms with Crippen molar-refractivity contribution in [2.75, 3.05) is 24.7 Å². The van der Waals surface area contributed by atoms with Gasteiger partial charge in [0.1, 0.15) is 17.7 Å². The Kier molecular flexibility index (Phi) is 3.89. The number of anilines is 1. The van der Waals surface area contributed by atoms with E-state index in [1.54, 1.807) is 6.33 Å². The van der Waals surface area contributed by atoms with Crippen molar-refractivity contribution < 1.29 is 4.74 Å².